The summed E-state index contributed by atoms with van der Waals surface area (Å²) in [5, 5.41) is 0. The van der Waals surface area contributed by atoms with Crippen molar-refractivity contribution in [3.05, 3.63) is 16.0 Å². The second-order valence-corrected chi connectivity index (χ2v) is 4.81. The molecule has 0 bridgehead atoms. The van der Waals surface area contributed by atoms with Crippen LogP contribution in [0.15, 0.2) is 4.47 Å². The van der Waals surface area contributed by atoms with E-state index in [0.29, 0.717) is 30.8 Å². The van der Waals surface area contributed by atoms with Crippen LogP contribution < -0.4 is 5.73 Å². The molecule has 0 radical (unpaired) electrons. The third-order valence-electron chi connectivity index (χ3n) is 2.03. The number of anilines is 1. The van der Waals surface area contributed by atoms with Gasteiger partial charge >= 0.3 is 0 Å². The molecule has 0 fully saturated rings. The fraction of sp³-hybridized carbons (Fsp3) is 0.636. The van der Waals surface area contributed by atoms with Gasteiger partial charge in [0.2, 0.25) is 0 Å². The Labute approximate surface area is 105 Å². The molecule has 2 N–H and O–H groups in total. The molecule has 4 nitrogen and oxygen atoms in total. The van der Waals surface area contributed by atoms with E-state index in [4.69, 9.17) is 10.5 Å². The summed E-state index contributed by atoms with van der Waals surface area (Å²) in [5.74, 6) is 1.67. The van der Waals surface area contributed by atoms with Crippen LogP contribution in [0.3, 0.4) is 0 Å². The SMILES string of the molecule is CCOCc1nc(N)c(Br)c(CC(C)C)n1. The van der Waals surface area contributed by atoms with Gasteiger partial charge in [-0.25, -0.2) is 9.97 Å². The zero-order valence-electron chi connectivity index (χ0n) is 9.96. The number of hydrogen-bond acceptors (Lipinski definition) is 4. The molecule has 0 saturated carbocycles. The summed E-state index contributed by atoms with van der Waals surface area (Å²) in [6, 6.07) is 0. The molecule has 1 heterocycles. The first kappa shape index (κ1) is 13.4. The van der Waals surface area contributed by atoms with E-state index in [1.807, 2.05) is 6.92 Å². The Morgan fingerprint density at radius 3 is 2.62 bits per heavy atom. The Morgan fingerprint density at radius 1 is 1.38 bits per heavy atom. The second-order valence-electron chi connectivity index (χ2n) is 4.02. The summed E-state index contributed by atoms with van der Waals surface area (Å²) in [4.78, 5) is 8.62. The van der Waals surface area contributed by atoms with Crippen molar-refractivity contribution in [2.45, 2.75) is 33.8 Å². The lowest BCUT2D eigenvalue weighted by Crippen LogP contribution is -2.08. The maximum Gasteiger partial charge on any atom is 0.156 e. The summed E-state index contributed by atoms with van der Waals surface area (Å²) < 4.78 is 6.09. The highest BCUT2D eigenvalue weighted by atomic mass is 79.9. The van der Waals surface area contributed by atoms with Crippen LogP contribution in [0, 0.1) is 5.92 Å². The standard InChI is InChI=1S/C11H18BrN3O/c1-4-16-6-9-14-8(5-7(2)3)10(12)11(13)15-9/h7H,4-6H2,1-3H3,(H2,13,14,15). The smallest absolute Gasteiger partial charge is 0.156 e. The number of ether oxygens (including phenoxy) is 1. The predicted molar refractivity (Wildman–Crippen MR) is 68.0 cm³/mol. The topological polar surface area (TPSA) is 61.0 Å². The van der Waals surface area contributed by atoms with Gasteiger partial charge in [0.05, 0.1) is 10.2 Å². The maximum absolute atomic E-state index is 5.82. The summed E-state index contributed by atoms with van der Waals surface area (Å²) >= 11 is 3.42. The molecule has 0 aliphatic carbocycles. The molecule has 0 amide bonds. The molecule has 1 rings (SSSR count). The summed E-state index contributed by atoms with van der Waals surface area (Å²) in [6.07, 6.45) is 0.881. The van der Waals surface area contributed by atoms with E-state index in [1.165, 1.54) is 0 Å². The van der Waals surface area contributed by atoms with Gasteiger partial charge in [0, 0.05) is 6.61 Å². The van der Waals surface area contributed by atoms with Crippen LogP contribution >= 0.6 is 15.9 Å². The van der Waals surface area contributed by atoms with Crippen LogP contribution in [0.4, 0.5) is 5.82 Å². The molecule has 0 aliphatic heterocycles. The number of nitrogens with two attached hydrogens (primary N) is 1. The number of nitrogens with zero attached hydrogens (tertiary/aromatic N) is 2. The minimum absolute atomic E-state index is 0.416. The fourth-order valence-corrected chi connectivity index (χ4v) is 1.68. The maximum atomic E-state index is 5.82. The van der Waals surface area contributed by atoms with Gasteiger partial charge in [-0.2, -0.15) is 0 Å². The Balaban J connectivity index is 2.92. The average Bonchev–Trinajstić information content (AvgIpc) is 2.21. The first-order chi connectivity index (χ1) is 7.54. The molecule has 1 aromatic rings. The molecule has 0 spiro atoms. The lowest BCUT2D eigenvalue weighted by molar-refractivity contribution is 0.128. The van der Waals surface area contributed by atoms with Crippen LogP contribution in [-0.4, -0.2) is 16.6 Å². The Bertz CT molecular complexity index is 355. The number of rotatable bonds is 5. The van der Waals surface area contributed by atoms with Gasteiger partial charge in [0.25, 0.3) is 0 Å². The lowest BCUT2D eigenvalue weighted by Gasteiger charge is -2.10. The van der Waals surface area contributed by atoms with Gasteiger partial charge in [-0.05, 0) is 35.2 Å². The first-order valence-corrected chi connectivity index (χ1v) is 6.22. The molecular formula is C11H18BrN3O. The van der Waals surface area contributed by atoms with Crippen LogP contribution in [-0.2, 0) is 17.8 Å². The predicted octanol–water partition coefficient (Wildman–Crippen LogP) is 2.56. The second kappa shape index (κ2) is 6.15. The zero-order valence-corrected chi connectivity index (χ0v) is 11.5. The van der Waals surface area contributed by atoms with Gasteiger partial charge in [-0.3, -0.25) is 0 Å². The van der Waals surface area contributed by atoms with E-state index in [2.05, 4.69) is 39.7 Å². The van der Waals surface area contributed by atoms with Gasteiger partial charge < -0.3 is 10.5 Å². The quantitative estimate of drug-likeness (QED) is 0.904. The summed E-state index contributed by atoms with van der Waals surface area (Å²) in [5.41, 5.74) is 6.77. The third kappa shape index (κ3) is 3.72. The molecule has 1 aromatic heterocycles. The fourth-order valence-electron chi connectivity index (χ4n) is 1.35. The number of aromatic nitrogens is 2. The summed E-state index contributed by atoms with van der Waals surface area (Å²) in [6.45, 7) is 7.30. The molecule has 16 heavy (non-hydrogen) atoms. The van der Waals surface area contributed by atoms with E-state index in [1.54, 1.807) is 0 Å². The largest absolute Gasteiger partial charge is 0.383 e. The van der Waals surface area contributed by atoms with Crippen LogP contribution in [0.25, 0.3) is 0 Å². The molecule has 0 unspecified atom stereocenters. The van der Waals surface area contributed by atoms with Crippen LogP contribution in [0.2, 0.25) is 0 Å². The highest BCUT2D eigenvalue weighted by Crippen LogP contribution is 2.23. The zero-order chi connectivity index (χ0) is 12.1. The van der Waals surface area contributed by atoms with E-state index in [0.717, 1.165) is 16.6 Å². The van der Waals surface area contributed by atoms with E-state index in [-0.39, 0.29) is 0 Å². The van der Waals surface area contributed by atoms with Crippen molar-refractivity contribution in [1.82, 2.24) is 9.97 Å². The first-order valence-electron chi connectivity index (χ1n) is 5.43. The van der Waals surface area contributed by atoms with Crippen LogP contribution in [0.1, 0.15) is 32.3 Å². The average molecular weight is 288 g/mol. The minimum Gasteiger partial charge on any atom is -0.383 e. The molecular weight excluding hydrogens is 270 g/mol. The summed E-state index contributed by atoms with van der Waals surface area (Å²) in [7, 11) is 0. The van der Waals surface area contributed by atoms with Gasteiger partial charge in [0.1, 0.15) is 12.4 Å². The lowest BCUT2D eigenvalue weighted by atomic mass is 10.1. The number of nitrogen functional groups attached to an aromatic ring is 1. The molecule has 0 saturated heterocycles. The van der Waals surface area contributed by atoms with Crippen molar-refractivity contribution in [2.75, 3.05) is 12.3 Å². The van der Waals surface area contributed by atoms with E-state index < -0.39 is 0 Å². The Hall–Kier alpha value is -0.680. The Kier molecular flexibility index (Phi) is 5.15. The van der Waals surface area contributed by atoms with Gasteiger partial charge in [-0.1, -0.05) is 13.8 Å². The Morgan fingerprint density at radius 2 is 2.06 bits per heavy atom. The molecule has 0 aliphatic rings. The van der Waals surface area contributed by atoms with E-state index >= 15 is 0 Å². The number of hydrogen-bond donors (Lipinski definition) is 1. The monoisotopic (exact) mass is 287 g/mol. The highest BCUT2D eigenvalue weighted by Gasteiger charge is 2.11. The number of halogens is 1. The van der Waals surface area contributed by atoms with Crippen LogP contribution in [0.5, 0.6) is 0 Å². The van der Waals surface area contributed by atoms with Gasteiger partial charge in [0.15, 0.2) is 5.82 Å². The van der Waals surface area contributed by atoms with Gasteiger partial charge in [-0.15, -0.1) is 0 Å². The molecule has 5 heteroatoms. The van der Waals surface area contributed by atoms with Crippen molar-refractivity contribution >= 4 is 21.7 Å². The third-order valence-corrected chi connectivity index (χ3v) is 2.89. The van der Waals surface area contributed by atoms with Crippen molar-refractivity contribution in [1.29, 1.82) is 0 Å². The molecule has 0 aromatic carbocycles. The van der Waals surface area contributed by atoms with Crippen molar-refractivity contribution in [3.63, 3.8) is 0 Å². The molecule has 90 valence electrons. The van der Waals surface area contributed by atoms with Crippen molar-refractivity contribution in [3.8, 4) is 0 Å². The highest BCUT2D eigenvalue weighted by molar-refractivity contribution is 9.10. The van der Waals surface area contributed by atoms with E-state index in [9.17, 15) is 0 Å². The van der Waals surface area contributed by atoms with Crippen molar-refractivity contribution < 1.29 is 4.74 Å². The molecule has 0 atom stereocenters. The minimum atomic E-state index is 0.416. The normalized spacial score (nSPS) is 11.1. The van der Waals surface area contributed by atoms with Crippen molar-refractivity contribution in [2.24, 2.45) is 5.92 Å².